The summed E-state index contributed by atoms with van der Waals surface area (Å²) in [4.78, 5) is 0. The first kappa shape index (κ1) is 12.9. The summed E-state index contributed by atoms with van der Waals surface area (Å²) in [6.45, 7) is 3.41. The lowest BCUT2D eigenvalue weighted by Crippen LogP contribution is -2.15. The third kappa shape index (κ3) is 2.49. The standard InChI is InChI=1S/C12H13ClO2S2/c1-8(2)17(14,15)7-9-6-16-12-10(9)4-3-5-11(12)13/h3-6,8H,7H2,1-2H3. The van der Waals surface area contributed by atoms with E-state index in [2.05, 4.69) is 0 Å². The number of hydrogen-bond donors (Lipinski definition) is 0. The van der Waals surface area contributed by atoms with Gasteiger partial charge in [-0.3, -0.25) is 0 Å². The Morgan fingerprint density at radius 3 is 2.71 bits per heavy atom. The largest absolute Gasteiger partial charge is 0.228 e. The lowest BCUT2D eigenvalue weighted by molar-refractivity contribution is 0.587. The Kier molecular flexibility index (Phi) is 3.48. The zero-order valence-electron chi connectivity index (χ0n) is 9.60. The predicted octanol–water partition coefficient (Wildman–Crippen LogP) is 3.88. The van der Waals surface area contributed by atoms with Gasteiger partial charge in [0.25, 0.3) is 0 Å². The second-order valence-corrected chi connectivity index (χ2v) is 8.08. The van der Waals surface area contributed by atoms with Gasteiger partial charge in [-0.2, -0.15) is 0 Å². The van der Waals surface area contributed by atoms with E-state index in [1.165, 1.54) is 11.3 Å². The quantitative estimate of drug-likeness (QED) is 0.859. The highest BCUT2D eigenvalue weighted by molar-refractivity contribution is 7.91. The molecule has 17 heavy (non-hydrogen) atoms. The number of hydrogen-bond acceptors (Lipinski definition) is 3. The molecule has 0 aliphatic heterocycles. The molecule has 0 amide bonds. The summed E-state index contributed by atoms with van der Waals surface area (Å²) >= 11 is 7.56. The molecule has 1 aromatic heterocycles. The molecule has 0 aliphatic carbocycles. The Morgan fingerprint density at radius 1 is 1.35 bits per heavy atom. The van der Waals surface area contributed by atoms with Crippen molar-refractivity contribution in [1.82, 2.24) is 0 Å². The van der Waals surface area contributed by atoms with Crippen molar-refractivity contribution in [3.05, 3.63) is 34.2 Å². The Bertz CT molecular complexity index is 642. The van der Waals surface area contributed by atoms with E-state index in [0.717, 1.165) is 15.6 Å². The van der Waals surface area contributed by atoms with Crippen LogP contribution in [0.4, 0.5) is 0 Å². The first-order valence-electron chi connectivity index (χ1n) is 5.28. The Balaban J connectivity index is 2.48. The molecule has 0 N–H and O–H groups in total. The van der Waals surface area contributed by atoms with Gasteiger partial charge in [-0.1, -0.05) is 23.7 Å². The van der Waals surface area contributed by atoms with Crippen LogP contribution in [0.5, 0.6) is 0 Å². The molecule has 0 bridgehead atoms. The van der Waals surface area contributed by atoms with Gasteiger partial charge in [0.1, 0.15) is 0 Å². The van der Waals surface area contributed by atoms with Crippen molar-refractivity contribution in [2.45, 2.75) is 24.9 Å². The molecule has 2 aromatic rings. The maximum Gasteiger partial charge on any atom is 0.156 e. The molecule has 0 aliphatic rings. The first-order valence-corrected chi connectivity index (χ1v) is 8.25. The minimum Gasteiger partial charge on any atom is -0.228 e. The van der Waals surface area contributed by atoms with Gasteiger partial charge in [-0.15, -0.1) is 11.3 Å². The van der Waals surface area contributed by atoms with Crippen molar-refractivity contribution >= 4 is 42.9 Å². The molecule has 0 spiro atoms. The molecule has 5 heteroatoms. The van der Waals surface area contributed by atoms with Crippen LogP contribution in [0.15, 0.2) is 23.6 Å². The minimum absolute atomic E-state index is 0.0883. The summed E-state index contributed by atoms with van der Waals surface area (Å²) in [6, 6.07) is 5.59. The SMILES string of the molecule is CC(C)S(=O)(=O)Cc1csc2c(Cl)cccc12. The highest BCUT2D eigenvalue weighted by atomic mass is 35.5. The van der Waals surface area contributed by atoms with Crippen LogP contribution < -0.4 is 0 Å². The average molecular weight is 289 g/mol. The van der Waals surface area contributed by atoms with E-state index in [9.17, 15) is 8.42 Å². The Morgan fingerprint density at radius 2 is 2.06 bits per heavy atom. The van der Waals surface area contributed by atoms with Crippen LogP contribution in [-0.2, 0) is 15.6 Å². The lowest BCUT2D eigenvalue weighted by Gasteiger charge is -2.06. The fourth-order valence-electron chi connectivity index (χ4n) is 1.57. The molecule has 1 aromatic carbocycles. The predicted molar refractivity (Wildman–Crippen MR) is 74.6 cm³/mol. The van der Waals surface area contributed by atoms with Crippen LogP contribution >= 0.6 is 22.9 Å². The second-order valence-electron chi connectivity index (χ2n) is 4.23. The zero-order chi connectivity index (χ0) is 12.6. The van der Waals surface area contributed by atoms with Crippen LogP contribution in [0.1, 0.15) is 19.4 Å². The third-order valence-corrected chi connectivity index (χ3v) is 6.36. The van der Waals surface area contributed by atoms with Crippen molar-refractivity contribution in [3.8, 4) is 0 Å². The summed E-state index contributed by atoms with van der Waals surface area (Å²) in [6.07, 6.45) is 0. The third-order valence-electron chi connectivity index (χ3n) is 2.71. The maximum absolute atomic E-state index is 11.9. The molecule has 0 fully saturated rings. The highest BCUT2D eigenvalue weighted by Gasteiger charge is 2.19. The lowest BCUT2D eigenvalue weighted by atomic mass is 10.2. The van der Waals surface area contributed by atoms with Crippen molar-refractivity contribution in [2.75, 3.05) is 0 Å². The van der Waals surface area contributed by atoms with Gasteiger partial charge < -0.3 is 0 Å². The van der Waals surface area contributed by atoms with Gasteiger partial charge in [0.15, 0.2) is 9.84 Å². The minimum atomic E-state index is -3.06. The smallest absolute Gasteiger partial charge is 0.156 e. The van der Waals surface area contributed by atoms with Crippen molar-refractivity contribution in [3.63, 3.8) is 0 Å². The number of thiophene rings is 1. The van der Waals surface area contributed by atoms with Crippen LogP contribution in [0.3, 0.4) is 0 Å². The summed E-state index contributed by atoms with van der Waals surface area (Å²) < 4.78 is 24.8. The summed E-state index contributed by atoms with van der Waals surface area (Å²) in [5.74, 6) is 0.0883. The fraction of sp³-hybridized carbons (Fsp3) is 0.333. The Labute approximate surface area is 110 Å². The van der Waals surface area contributed by atoms with Gasteiger partial charge in [-0.25, -0.2) is 8.42 Å². The molecular weight excluding hydrogens is 276 g/mol. The molecule has 0 saturated carbocycles. The van der Waals surface area contributed by atoms with Gasteiger partial charge >= 0.3 is 0 Å². The molecule has 2 rings (SSSR count). The number of sulfone groups is 1. The summed E-state index contributed by atoms with van der Waals surface area (Å²) in [5, 5.41) is 3.17. The van der Waals surface area contributed by atoms with E-state index < -0.39 is 9.84 Å². The van der Waals surface area contributed by atoms with Crippen molar-refractivity contribution in [2.24, 2.45) is 0 Å². The molecular formula is C12H13ClO2S2. The molecule has 0 unspecified atom stereocenters. The van der Waals surface area contributed by atoms with E-state index in [1.54, 1.807) is 13.8 Å². The van der Waals surface area contributed by atoms with Crippen LogP contribution in [0.2, 0.25) is 5.02 Å². The van der Waals surface area contributed by atoms with Gasteiger partial charge in [-0.05, 0) is 36.2 Å². The van der Waals surface area contributed by atoms with E-state index in [4.69, 9.17) is 11.6 Å². The molecule has 0 radical (unpaired) electrons. The maximum atomic E-state index is 11.9. The second kappa shape index (κ2) is 4.59. The van der Waals surface area contributed by atoms with Crippen LogP contribution in [0, 0.1) is 0 Å². The van der Waals surface area contributed by atoms with E-state index >= 15 is 0 Å². The Hall–Kier alpha value is -0.580. The van der Waals surface area contributed by atoms with Crippen LogP contribution in [0.25, 0.3) is 10.1 Å². The number of fused-ring (bicyclic) bond motifs is 1. The summed E-state index contributed by atoms with van der Waals surface area (Å²) in [7, 11) is -3.06. The molecule has 92 valence electrons. The fourth-order valence-corrected chi connectivity index (χ4v) is 3.97. The molecule has 0 atom stereocenters. The van der Waals surface area contributed by atoms with E-state index in [1.807, 2.05) is 23.6 Å². The van der Waals surface area contributed by atoms with Crippen molar-refractivity contribution < 1.29 is 8.42 Å². The molecule has 2 nitrogen and oxygen atoms in total. The number of benzene rings is 1. The monoisotopic (exact) mass is 288 g/mol. The molecule has 1 heterocycles. The van der Waals surface area contributed by atoms with E-state index in [0.29, 0.717) is 5.02 Å². The first-order chi connectivity index (χ1) is 7.92. The van der Waals surface area contributed by atoms with Crippen LogP contribution in [-0.4, -0.2) is 13.7 Å². The number of rotatable bonds is 3. The zero-order valence-corrected chi connectivity index (χ0v) is 12.0. The van der Waals surface area contributed by atoms with E-state index in [-0.39, 0.29) is 11.0 Å². The normalized spacial score (nSPS) is 12.5. The summed E-state index contributed by atoms with van der Waals surface area (Å²) in [5.41, 5.74) is 0.848. The average Bonchev–Trinajstić information content (AvgIpc) is 2.62. The topological polar surface area (TPSA) is 34.1 Å². The van der Waals surface area contributed by atoms with Gasteiger partial charge in [0.05, 0.1) is 20.7 Å². The van der Waals surface area contributed by atoms with Gasteiger partial charge in [0.2, 0.25) is 0 Å². The van der Waals surface area contributed by atoms with Crippen molar-refractivity contribution in [1.29, 1.82) is 0 Å². The highest BCUT2D eigenvalue weighted by Crippen LogP contribution is 2.33. The van der Waals surface area contributed by atoms with Gasteiger partial charge in [0, 0.05) is 0 Å². The number of halogens is 1. The molecule has 0 saturated heterocycles.